The van der Waals surface area contributed by atoms with E-state index in [1.54, 1.807) is 0 Å². The zero-order chi connectivity index (χ0) is 21.3. The van der Waals surface area contributed by atoms with Crippen LogP contribution in [0.4, 0.5) is 5.13 Å². The van der Waals surface area contributed by atoms with E-state index in [2.05, 4.69) is 20.5 Å². The van der Waals surface area contributed by atoms with E-state index in [0.717, 1.165) is 11.3 Å². The number of thioether (sulfide) groups is 1. The zero-order valence-electron chi connectivity index (χ0n) is 16.5. The maximum atomic E-state index is 12.6. The lowest BCUT2D eigenvalue weighted by Crippen LogP contribution is -2.32. The van der Waals surface area contributed by atoms with Crippen molar-refractivity contribution in [1.82, 2.24) is 15.2 Å². The fourth-order valence-corrected chi connectivity index (χ4v) is 5.10. The Labute approximate surface area is 181 Å². The summed E-state index contributed by atoms with van der Waals surface area (Å²) in [6.07, 6.45) is 0.967. The van der Waals surface area contributed by atoms with Crippen LogP contribution in [0.1, 0.15) is 52.2 Å². The summed E-state index contributed by atoms with van der Waals surface area (Å²) in [5.74, 6) is 0.0707. The molecule has 0 aliphatic heterocycles. The number of anilines is 1. The molecule has 2 N–H and O–H groups in total. The Morgan fingerprint density at radius 2 is 1.97 bits per heavy atom. The minimum Gasteiger partial charge on any atom is -0.325 e. The molecule has 1 aromatic carbocycles. The fraction of sp³-hybridized carbons (Fsp3) is 0.286. The lowest BCUT2D eigenvalue weighted by Gasteiger charge is -2.29. The second-order valence-electron chi connectivity index (χ2n) is 7.95. The van der Waals surface area contributed by atoms with Crippen molar-refractivity contribution >= 4 is 39.9 Å². The molecule has 2 aromatic heterocycles. The molecule has 0 radical (unpaired) electrons. The van der Waals surface area contributed by atoms with Crippen LogP contribution < -0.4 is 10.9 Å². The van der Waals surface area contributed by atoms with Crippen LogP contribution in [-0.4, -0.2) is 26.9 Å². The third-order valence-electron chi connectivity index (χ3n) is 4.79. The number of nitrogens with zero attached hydrogens (tertiary/aromatic N) is 2. The highest BCUT2D eigenvalue weighted by molar-refractivity contribution is 8.00. The van der Waals surface area contributed by atoms with Gasteiger partial charge < -0.3 is 4.98 Å². The number of hydrogen-bond donors (Lipinski definition) is 2. The average Bonchev–Trinajstić information content (AvgIpc) is 3.13. The van der Waals surface area contributed by atoms with E-state index in [4.69, 9.17) is 0 Å². The molecule has 0 bridgehead atoms. The Morgan fingerprint density at radius 3 is 2.73 bits per heavy atom. The van der Waals surface area contributed by atoms with Crippen molar-refractivity contribution in [3.8, 4) is 0 Å². The second-order valence-corrected chi connectivity index (χ2v) is 10.1. The van der Waals surface area contributed by atoms with Crippen molar-refractivity contribution in [3.63, 3.8) is 0 Å². The summed E-state index contributed by atoms with van der Waals surface area (Å²) in [7, 11) is 0. The van der Waals surface area contributed by atoms with Gasteiger partial charge in [0.15, 0.2) is 10.1 Å². The smallest absolute Gasteiger partial charge is 0.263 e. The van der Waals surface area contributed by atoms with Crippen molar-refractivity contribution in [1.29, 1.82) is 0 Å². The van der Waals surface area contributed by atoms with E-state index in [0.29, 0.717) is 33.6 Å². The number of benzene rings is 1. The largest absolute Gasteiger partial charge is 0.325 e. The molecule has 0 saturated heterocycles. The number of Topliss-reactive ketones (excluding diaryl/α,β-unsaturated/α-hetero) is 1. The Morgan fingerprint density at radius 1 is 1.20 bits per heavy atom. The predicted octanol–water partition coefficient (Wildman–Crippen LogP) is 3.93. The number of hydrogen-bond acceptors (Lipinski definition) is 7. The molecule has 0 fully saturated rings. The van der Waals surface area contributed by atoms with Gasteiger partial charge in [0.05, 0.1) is 0 Å². The van der Waals surface area contributed by atoms with E-state index in [-0.39, 0.29) is 16.8 Å². The molecular weight excluding hydrogens is 420 g/mol. The molecule has 4 rings (SSSR count). The number of nitrogens with one attached hydrogen (secondary N) is 2. The average molecular weight is 441 g/mol. The van der Waals surface area contributed by atoms with Gasteiger partial charge in [-0.05, 0) is 23.5 Å². The van der Waals surface area contributed by atoms with Crippen molar-refractivity contribution in [2.24, 2.45) is 5.41 Å². The van der Waals surface area contributed by atoms with Gasteiger partial charge in [-0.2, -0.15) is 0 Å². The van der Waals surface area contributed by atoms with Gasteiger partial charge in [-0.25, -0.2) is 0 Å². The van der Waals surface area contributed by atoms with Gasteiger partial charge in [0, 0.05) is 23.4 Å². The lowest BCUT2D eigenvalue weighted by molar-refractivity contribution is 0.0910. The molecule has 30 heavy (non-hydrogen) atoms. The predicted molar refractivity (Wildman–Crippen MR) is 117 cm³/mol. The number of amides is 1. The van der Waals surface area contributed by atoms with Gasteiger partial charge in [-0.3, -0.25) is 19.7 Å². The maximum absolute atomic E-state index is 12.6. The van der Waals surface area contributed by atoms with E-state index < -0.39 is 11.5 Å². The first-order valence-corrected chi connectivity index (χ1v) is 11.2. The van der Waals surface area contributed by atoms with Gasteiger partial charge >= 0.3 is 0 Å². The summed E-state index contributed by atoms with van der Waals surface area (Å²) in [5, 5.41) is 11.0. The number of carbonyl (C=O) groups is 2. The third-order valence-corrected chi connectivity index (χ3v) is 6.84. The second kappa shape index (κ2) is 8.16. The van der Waals surface area contributed by atoms with Crippen LogP contribution in [-0.2, 0) is 12.2 Å². The summed E-state index contributed by atoms with van der Waals surface area (Å²) < 4.78 is 0.714. The van der Waals surface area contributed by atoms with Crippen LogP contribution in [0, 0.1) is 5.41 Å². The summed E-state index contributed by atoms with van der Waals surface area (Å²) in [4.78, 5) is 40.3. The number of pyridine rings is 1. The van der Waals surface area contributed by atoms with E-state index in [9.17, 15) is 14.4 Å². The molecule has 0 saturated carbocycles. The number of ketones is 1. The number of aromatic nitrogens is 3. The third kappa shape index (κ3) is 4.52. The molecule has 1 aliphatic carbocycles. The van der Waals surface area contributed by atoms with Crippen LogP contribution >= 0.6 is 23.1 Å². The summed E-state index contributed by atoms with van der Waals surface area (Å²) in [6.45, 7) is 3.96. The Kier molecular flexibility index (Phi) is 5.57. The van der Waals surface area contributed by atoms with Crippen LogP contribution in [0.5, 0.6) is 0 Å². The Bertz CT molecular complexity index is 1170. The minimum atomic E-state index is -0.604. The first-order chi connectivity index (χ1) is 14.3. The van der Waals surface area contributed by atoms with Crippen molar-refractivity contribution in [2.45, 2.75) is 36.8 Å². The number of fused-ring (bicyclic) bond motifs is 1. The van der Waals surface area contributed by atoms with Crippen LogP contribution in [0.3, 0.4) is 0 Å². The molecule has 0 atom stereocenters. The van der Waals surface area contributed by atoms with E-state index >= 15 is 0 Å². The molecule has 2 heterocycles. The van der Waals surface area contributed by atoms with Gasteiger partial charge in [-0.1, -0.05) is 67.3 Å². The SMILES string of the molecule is CC1(C)CC(=O)c2cc(C(=O)Nc3nnc(SCc4ccccc4)s3)c(=O)[nH]c2C1. The summed E-state index contributed by atoms with van der Waals surface area (Å²) in [5.41, 5.74) is 1.34. The molecule has 0 spiro atoms. The van der Waals surface area contributed by atoms with E-state index in [1.807, 2.05) is 44.2 Å². The molecule has 9 heteroatoms. The molecule has 3 aromatic rings. The first kappa shape index (κ1) is 20.5. The van der Waals surface area contributed by atoms with Crippen molar-refractivity contribution < 1.29 is 9.59 Å². The normalized spacial score (nSPS) is 14.9. The number of aromatic amines is 1. The molecule has 1 aliphatic rings. The summed E-state index contributed by atoms with van der Waals surface area (Å²) >= 11 is 2.76. The van der Waals surface area contributed by atoms with E-state index in [1.165, 1.54) is 29.2 Å². The quantitative estimate of drug-likeness (QED) is 0.460. The molecule has 154 valence electrons. The highest BCUT2D eigenvalue weighted by Crippen LogP contribution is 2.33. The van der Waals surface area contributed by atoms with Crippen molar-refractivity contribution in [2.75, 3.05) is 5.32 Å². The highest BCUT2D eigenvalue weighted by Gasteiger charge is 2.32. The van der Waals surface area contributed by atoms with Gasteiger partial charge in [0.25, 0.3) is 11.5 Å². The van der Waals surface area contributed by atoms with Crippen LogP contribution in [0.15, 0.2) is 45.5 Å². The topological polar surface area (TPSA) is 105 Å². The zero-order valence-corrected chi connectivity index (χ0v) is 18.2. The van der Waals surface area contributed by atoms with Crippen LogP contribution in [0.2, 0.25) is 0 Å². The number of carbonyl (C=O) groups excluding carboxylic acids is 2. The Hall–Kier alpha value is -2.78. The van der Waals surface area contributed by atoms with Crippen molar-refractivity contribution in [3.05, 3.63) is 69.1 Å². The number of H-pyrrole nitrogens is 1. The van der Waals surface area contributed by atoms with Gasteiger partial charge in [0.2, 0.25) is 5.13 Å². The fourth-order valence-electron chi connectivity index (χ4n) is 3.40. The lowest BCUT2D eigenvalue weighted by atomic mass is 9.75. The first-order valence-electron chi connectivity index (χ1n) is 9.42. The van der Waals surface area contributed by atoms with Gasteiger partial charge in [-0.15, -0.1) is 10.2 Å². The molecular formula is C21H20N4O3S2. The monoisotopic (exact) mass is 440 g/mol. The molecule has 0 unspecified atom stereocenters. The summed E-state index contributed by atoms with van der Waals surface area (Å²) in [6, 6.07) is 11.4. The minimum absolute atomic E-state index is 0.0675. The molecule has 7 nitrogen and oxygen atoms in total. The highest BCUT2D eigenvalue weighted by atomic mass is 32.2. The van der Waals surface area contributed by atoms with Gasteiger partial charge in [0.1, 0.15) is 5.56 Å². The standard InChI is InChI=1S/C21H20N4O3S2/c1-21(2)9-15-13(16(26)10-21)8-14(17(27)22-15)18(28)23-19-24-25-20(30-19)29-11-12-6-4-3-5-7-12/h3-8H,9-11H2,1-2H3,(H,22,27)(H,23,24,28). The maximum Gasteiger partial charge on any atom is 0.263 e. The number of rotatable bonds is 5. The molecule has 1 amide bonds. The Balaban J connectivity index is 1.47. The van der Waals surface area contributed by atoms with Crippen LogP contribution in [0.25, 0.3) is 0 Å².